The molecular weight excluding hydrogens is 270 g/mol. The molecule has 2 heteroatoms. The molecule has 0 aliphatic heterocycles. The molecular formula is C20H19NO. The predicted octanol–water partition coefficient (Wildman–Crippen LogP) is 4.76. The van der Waals surface area contributed by atoms with E-state index in [1.165, 1.54) is 5.39 Å². The molecule has 0 bridgehead atoms. The van der Waals surface area contributed by atoms with Crippen LogP contribution in [0.15, 0.2) is 72.8 Å². The average Bonchev–Trinajstić information content (AvgIpc) is 2.55. The molecule has 1 N–H and O–H groups in total. The van der Waals surface area contributed by atoms with Crippen molar-refractivity contribution in [2.75, 3.05) is 5.32 Å². The van der Waals surface area contributed by atoms with E-state index in [9.17, 15) is 4.79 Å². The Morgan fingerprint density at radius 3 is 2.18 bits per heavy atom. The van der Waals surface area contributed by atoms with E-state index in [1.54, 1.807) is 0 Å². The van der Waals surface area contributed by atoms with Crippen molar-refractivity contribution in [1.29, 1.82) is 0 Å². The Morgan fingerprint density at radius 1 is 0.818 bits per heavy atom. The van der Waals surface area contributed by atoms with Crippen LogP contribution in [-0.4, -0.2) is 5.91 Å². The topological polar surface area (TPSA) is 29.1 Å². The third-order valence-corrected chi connectivity index (χ3v) is 4.07. The molecule has 22 heavy (non-hydrogen) atoms. The largest absolute Gasteiger partial charge is 0.325 e. The Bertz CT molecular complexity index is 806. The van der Waals surface area contributed by atoms with Crippen molar-refractivity contribution in [3.05, 3.63) is 78.4 Å². The average molecular weight is 289 g/mol. The second kappa shape index (κ2) is 5.64. The number of hydrogen-bond donors (Lipinski definition) is 1. The van der Waals surface area contributed by atoms with Crippen LogP contribution in [0.1, 0.15) is 19.4 Å². The molecule has 0 spiro atoms. The quantitative estimate of drug-likeness (QED) is 0.740. The van der Waals surface area contributed by atoms with E-state index < -0.39 is 5.41 Å². The van der Waals surface area contributed by atoms with Crippen LogP contribution in [0.25, 0.3) is 10.8 Å². The summed E-state index contributed by atoms with van der Waals surface area (Å²) in [5.41, 5.74) is 1.26. The lowest BCUT2D eigenvalue weighted by atomic mass is 9.83. The number of carbonyl (C=O) groups excluding carboxylic acids is 1. The highest BCUT2D eigenvalue weighted by Crippen LogP contribution is 2.26. The smallest absolute Gasteiger partial charge is 0.234 e. The van der Waals surface area contributed by atoms with Crippen LogP contribution in [-0.2, 0) is 10.2 Å². The van der Waals surface area contributed by atoms with Crippen molar-refractivity contribution in [2.24, 2.45) is 0 Å². The maximum atomic E-state index is 12.7. The monoisotopic (exact) mass is 289 g/mol. The molecule has 0 atom stereocenters. The van der Waals surface area contributed by atoms with Crippen LogP contribution in [0.2, 0.25) is 0 Å². The lowest BCUT2D eigenvalue weighted by molar-refractivity contribution is -0.120. The third kappa shape index (κ3) is 2.73. The van der Waals surface area contributed by atoms with Crippen molar-refractivity contribution < 1.29 is 4.79 Å². The normalized spacial score (nSPS) is 11.4. The highest BCUT2D eigenvalue weighted by molar-refractivity contribution is 6.00. The molecule has 3 rings (SSSR count). The Morgan fingerprint density at radius 2 is 1.45 bits per heavy atom. The van der Waals surface area contributed by atoms with Crippen molar-refractivity contribution in [3.63, 3.8) is 0 Å². The van der Waals surface area contributed by atoms with Gasteiger partial charge < -0.3 is 5.32 Å². The standard InChI is InChI=1S/C20H19NO/c1-20(2,17-10-4-3-5-11-17)19(22)21-18-13-12-15-8-6-7-9-16(15)14-18/h3-14H,1-2H3,(H,21,22). The number of carbonyl (C=O) groups is 1. The van der Waals surface area contributed by atoms with E-state index in [1.807, 2.05) is 80.6 Å². The summed E-state index contributed by atoms with van der Waals surface area (Å²) in [4.78, 5) is 12.7. The fourth-order valence-electron chi connectivity index (χ4n) is 2.54. The first kappa shape index (κ1) is 14.3. The number of rotatable bonds is 3. The summed E-state index contributed by atoms with van der Waals surface area (Å²) in [5.74, 6) is -0.00557. The Balaban J connectivity index is 1.86. The van der Waals surface area contributed by atoms with Gasteiger partial charge in [0.05, 0.1) is 5.41 Å². The first-order chi connectivity index (χ1) is 10.6. The Hall–Kier alpha value is -2.61. The summed E-state index contributed by atoms with van der Waals surface area (Å²) in [6.07, 6.45) is 0. The zero-order valence-corrected chi connectivity index (χ0v) is 12.8. The summed E-state index contributed by atoms with van der Waals surface area (Å²) in [7, 11) is 0. The van der Waals surface area contributed by atoms with E-state index in [0.717, 1.165) is 16.6 Å². The van der Waals surface area contributed by atoms with Gasteiger partial charge in [0.15, 0.2) is 0 Å². The Kier molecular flexibility index (Phi) is 3.68. The lowest BCUT2D eigenvalue weighted by Gasteiger charge is -2.24. The first-order valence-corrected chi connectivity index (χ1v) is 7.43. The van der Waals surface area contributed by atoms with E-state index in [2.05, 4.69) is 11.4 Å². The van der Waals surface area contributed by atoms with Crippen molar-refractivity contribution >= 4 is 22.4 Å². The number of amides is 1. The van der Waals surface area contributed by atoms with Crippen LogP contribution in [0.3, 0.4) is 0 Å². The number of benzene rings is 3. The molecule has 0 heterocycles. The third-order valence-electron chi connectivity index (χ3n) is 4.07. The second-order valence-corrected chi connectivity index (χ2v) is 6.01. The molecule has 0 saturated heterocycles. The van der Waals surface area contributed by atoms with Crippen molar-refractivity contribution in [1.82, 2.24) is 0 Å². The van der Waals surface area contributed by atoms with Gasteiger partial charge in [0, 0.05) is 5.69 Å². The minimum Gasteiger partial charge on any atom is -0.325 e. The van der Waals surface area contributed by atoms with Crippen molar-refractivity contribution in [2.45, 2.75) is 19.3 Å². The molecule has 2 nitrogen and oxygen atoms in total. The minimum atomic E-state index is -0.576. The van der Waals surface area contributed by atoms with Gasteiger partial charge in [0.1, 0.15) is 0 Å². The zero-order valence-electron chi connectivity index (χ0n) is 12.8. The van der Waals surface area contributed by atoms with Gasteiger partial charge in [-0.1, -0.05) is 60.7 Å². The molecule has 3 aromatic rings. The minimum absolute atomic E-state index is 0.00557. The van der Waals surface area contributed by atoms with Crippen LogP contribution < -0.4 is 5.32 Å². The number of anilines is 1. The van der Waals surface area contributed by atoms with Crippen LogP contribution in [0.4, 0.5) is 5.69 Å². The summed E-state index contributed by atoms with van der Waals surface area (Å²) >= 11 is 0. The molecule has 0 saturated carbocycles. The summed E-state index contributed by atoms with van der Waals surface area (Å²) in [5, 5.41) is 5.33. The van der Waals surface area contributed by atoms with Gasteiger partial charge in [-0.15, -0.1) is 0 Å². The maximum absolute atomic E-state index is 12.7. The van der Waals surface area contributed by atoms with E-state index in [4.69, 9.17) is 0 Å². The second-order valence-electron chi connectivity index (χ2n) is 6.01. The van der Waals surface area contributed by atoms with E-state index in [-0.39, 0.29) is 5.91 Å². The van der Waals surface area contributed by atoms with Gasteiger partial charge in [-0.2, -0.15) is 0 Å². The van der Waals surface area contributed by atoms with E-state index >= 15 is 0 Å². The lowest BCUT2D eigenvalue weighted by Crippen LogP contribution is -2.34. The Labute approximate surface area is 130 Å². The summed E-state index contributed by atoms with van der Waals surface area (Å²) in [6, 6.07) is 24.0. The summed E-state index contributed by atoms with van der Waals surface area (Å²) < 4.78 is 0. The fourth-order valence-corrected chi connectivity index (χ4v) is 2.54. The van der Waals surface area contributed by atoms with Gasteiger partial charge in [0.25, 0.3) is 0 Å². The summed E-state index contributed by atoms with van der Waals surface area (Å²) in [6.45, 7) is 3.89. The van der Waals surface area contributed by atoms with Crippen LogP contribution in [0.5, 0.6) is 0 Å². The molecule has 0 unspecified atom stereocenters. The maximum Gasteiger partial charge on any atom is 0.234 e. The van der Waals surface area contributed by atoms with Crippen molar-refractivity contribution in [3.8, 4) is 0 Å². The molecule has 1 amide bonds. The molecule has 0 aliphatic carbocycles. The molecule has 0 radical (unpaired) electrons. The zero-order chi connectivity index (χ0) is 15.6. The fraction of sp³-hybridized carbons (Fsp3) is 0.150. The van der Waals surface area contributed by atoms with Gasteiger partial charge in [-0.05, 0) is 42.3 Å². The van der Waals surface area contributed by atoms with E-state index in [0.29, 0.717) is 0 Å². The molecule has 110 valence electrons. The molecule has 0 fully saturated rings. The number of fused-ring (bicyclic) bond motifs is 1. The van der Waals surface area contributed by atoms with Crippen LogP contribution in [0, 0.1) is 0 Å². The highest BCUT2D eigenvalue weighted by Gasteiger charge is 2.29. The molecule has 0 aromatic heterocycles. The van der Waals surface area contributed by atoms with Crippen LogP contribution >= 0.6 is 0 Å². The first-order valence-electron chi connectivity index (χ1n) is 7.43. The van der Waals surface area contributed by atoms with Gasteiger partial charge in [-0.3, -0.25) is 4.79 Å². The van der Waals surface area contributed by atoms with Gasteiger partial charge >= 0.3 is 0 Å². The van der Waals surface area contributed by atoms with Gasteiger partial charge in [-0.25, -0.2) is 0 Å². The number of hydrogen-bond acceptors (Lipinski definition) is 1. The molecule has 3 aromatic carbocycles. The number of nitrogens with one attached hydrogen (secondary N) is 1. The van der Waals surface area contributed by atoms with Gasteiger partial charge in [0.2, 0.25) is 5.91 Å². The highest BCUT2D eigenvalue weighted by atomic mass is 16.2. The predicted molar refractivity (Wildman–Crippen MR) is 92.0 cm³/mol. The SMILES string of the molecule is CC(C)(C(=O)Nc1ccc2ccccc2c1)c1ccccc1. The molecule has 0 aliphatic rings.